The first-order chi connectivity index (χ1) is 10.3. The van der Waals surface area contributed by atoms with Gasteiger partial charge in [-0.25, -0.2) is 4.79 Å². The monoisotopic (exact) mass is 274 g/mol. The highest BCUT2D eigenvalue weighted by atomic mass is 16.5. The van der Waals surface area contributed by atoms with Crippen LogP contribution in [0.2, 0.25) is 0 Å². The zero-order valence-electron chi connectivity index (χ0n) is 11.5. The van der Waals surface area contributed by atoms with Crippen LogP contribution in [0.15, 0.2) is 71.8 Å². The maximum Gasteiger partial charge on any atom is 0.338 e. The van der Waals surface area contributed by atoms with E-state index in [1.54, 1.807) is 0 Å². The maximum atomic E-state index is 12.0. The van der Waals surface area contributed by atoms with Crippen molar-refractivity contribution in [2.75, 3.05) is 6.61 Å². The first kappa shape index (κ1) is 12.2. The molecule has 0 bridgehead atoms. The molecule has 1 fully saturated rings. The summed E-state index contributed by atoms with van der Waals surface area (Å²) < 4.78 is 5.18. The van der Waals surface area contributed by atoms with Gasteiger partial charge in [0.15, 0.2) is 0 Å². The Kier molecular flexibility index (Phi) is 2.74. The molecule has 1 aliphatic heterocycles. The van der Waals surface area contributed by atoms with Crippen LogP contribution in [0.4, 0.5) is 0 Å². The van der Waals surface area contributed by atoms with Crippen molar-refractivity contribution in [3.05, 3.63) is 88.5 Å². The smallest absolute Gasteiger partial charge is 0.338 e. The van der Waals surface area contributed by atoms with Crippen molar-refractivity contribution >= 4 is 12.0 Å². The number of carbonyl (C=O) groups is 1. The van der Waals surface area contributed by atoms with E-state index in [2.05, 4.69) is 30.3 Å². The van der Waals surface area contributed by atoms with Gasteiger partial charge >= 0.3 is 5.97 Å². The highest BCUT2D eigenvalue weighted by Gasteiger charge is 2.29. The van der Waals surface area contributed by atoms with Gasteiger partial charge in [0.1, 0.15) is 6.61 Å². The summed E-state index contributed by atoms with van der Waals surface area (Å²) in [5.41, 5.74) is 5.26. The molecule has 0 aromatic heterocycles. The van der Waals surface area contributed by atoms with Crippen molar-refractivity contribution in [3.8, 4) is 0 Å². The minimum absolute atomic E-state index is 0.0804. The summed E-state index contributed by atoms with van der Waals surface area (Å²) in [6.45, 7) is 0.376. The van der Waals surface area contributed by atoms with E-state index in [0.29, 0.717) is 12.2 Å². The largest absolute Gasteiger partial charge is 0.457 e. The number of cyclic esters (lactones) is 1. The third-order valence-electron chi connectivity index (χ3n) is 4.08. The van der Waals surface area contributed by atoms with Gasteiger partial charge < -0.3 is 4.74 Å². The molecule has 2 aromatic carbocycles. The summed E-state index contributed by atoms with van der Waals surface area (Å²) in [7, 11) is 0. The van der Waals surface area contributed by atoms with E-state index in [-0.39, 0.29) is 11.9 Å². The van der Waals surface area contributed by atoms with Crippen LogP contribution in [0.5, 0.6) is 0 Å². The lowest BCUT2D eigenvalue weighted by molar-refractivity contribution is -0.135. The van der Waals surface area contributed by atoms with E-state index in [1.165, 1.54) is 11.1 Å². The molecule has 4 rings (SSSR count). The van der Waals surface area contributed by atoms with Gasteiger partial charge in [0.2, 0.25) is 0 Å². The quantitative estimate of drug-likeness (QED) is 0.741. The zero-order chi connectivity index (χ0) is 14.2. The summed E-state index contributed by atoms with van der Waals surface area (Å²) >= 11 is 0. The van der Waals surface area contributed by atoms with Crippen molar-refractivity contribution in [2.24, 2.45) is 0 Å². The van der Waals surface area contributed by atoms with E-state index in [1.807, 2.05) is 36.4 Å². The van der Waals surface area contributed by atoms with Gasteiger partial charge in [0.05, 0.1) is 5.57 Å². The maximum absolute atomic E-state index is 12.0. The number of hydrogen-bond acceptors (Lipinski definition) is 2. The third kappa shape index (κ3) is 2.00. The van der Waals surface area contributed by atoms with E-state index in [4.69, 9.17) is 4.74 Å². The first-order valence-corrected chi connectivity index (χ1v) is 7.07. The Balaban J connectivity index is 1.95. The predicted molar refractivity (Wildman–Crippen MR) is 81.7 cm³/mol. The van der Waals surface area contributed by atoms with E-state index < -0.39 is 0 Å². The molecule has 0 radical (unpaired) electrons. The first-order valence-electron chi connectivity index (χ1n) is 7.07. The van der Waals surface area contributed by atoms with Gasteiger partial charge in [0.25, 0.3) is 0 Å². The Labute approximate surface area is 123 Å². The van der Waals surface area contributed by atoms with Crippen LogP contribution in [0.3, 0.4) is 0 Å². The van der Waals surface area contributed by atoms with Gasteiger partial charge in [-0.15, -0.1) is 0 Å². The molecule has 2 aliphatic rings. The molecule has 1 atom stereocenters. The number of fused-ring (bicyclic) bond motifs is 2. The van der Waals surface area contributed by atoms with Crippen molar-refractivity contribution in [3.63, 3.8) is 0 Å². The standard InChI is InChI=1S/C19H14O2/c20-19-18-11-17(13-6-2-1-3-7-13)16-9-5-4-8-14(16)10-15(18)12-21-19/h1-11,17H,12H2. The second kappa shape index (κ2) is 4.74. The van der Waals surface area contributed by atoms with E-state index in [0.717, 1.165) is 11.1 Å². The van der Waals surface area contributed by atoms with Crippen LogP contribution in [0.25, 0.3) is 6.08 Å². The summed E-state index contributed by atoms with van der Waals surface area (Å²) in [5, 5.41) is 0. The van der Waals surface area contributed by atoms with Gasteiger partial charge in [-0.05, 0) is 22.8 Å². The number of carbonyl (C=O) groups excluding carboxylic acids is 1. The summed E-state index contributed by atoms with van der Waals surface area (Å²) in [5.74, 6) is -0.133. The Morgan fingerprint density at radius 3 is 2.57 bits per heavy atom. The third-order valence-corrected chi connectivity index (χ3v) is 4.08. The topological polar surface area (TPSA) is 26.3 Å². The molecule has 0 N–H and O–H groups in total. The van der Waals surface area contributed by atoms with Crippen LogP contribution in [-0.2, 0) is 9.53 Å². The molecule has 2 aromatic rings. The second-order valence-corrected chi connectivity index (χ2v) is 5.34. The number of ether oxygens (including phenoxy) is 1. The van der Waals surface area contributed by atoms with Crippen LogP contribution >= 0.6 is 0 Å². The molecule has 2 heteroatoms. The average Bonchev–Trinajstić information content (AvgIpc) is 2.78. The fourth-order valence-electron chi connectivity index (χ4n) is 3.03. The van der Waals surface area contributed by atoms with E-state index >= 15 is 0 Å². The molecule has 0 saturated carbocycles. The highest BCUT2D eigenvalue weighted by Crippen LogP contribution is 2.37. The molecular formula is C19H14O2. The van der Waals surface area contributed by atoms with E-state index in [9.17, 15) is 4.79 Å². The fourth-order valence-corrected chi connectivity index (χ4v) is 3.03. The van der Waals surface area contributed by atoms with Crippen LogP contribution in [0, 0.1) is 0 Å². The number of allylic oxidation sites excluding steroid dienone is 1. The molecule has 0 amide bonds. The van der Waals surface area contributed by atoms with Gasteiger partial charge in [-0.3, -0.25) is 0 Å². The highest BCUT2D eigenvalue weighted by molar-refractivity contribution is 5.99. The van der Waals surface area contributed by atoms with Crippen molar-refractivity contribution < 1.29 is 9.53 Å². The van der Waals surface area contributed by atoms with Crippen LogP contribution in [-0.4, -0.2) is 12.6 Å². The Bertz CT molecular complexity index is 769. The number of esters is 1. The molecule has 1 aliphatic carbocycles. The predicted octanol–water partition coefficient (Wildman–Crippen LogP) is 3.70. The molecular weight excluding hydrogens is 260 g/mol. The summed E-state index contributed by atoms with van der Waals surface area (Å²) in [6.07, 6.45) is 4.12. The molecule has 102 valence electrons. The Hall–Kier alpha value is -2.61. The van der Waals surface area contributed by atoms with Crippen LogP contribution < -0.4 is 0 Å². The van der Waals surface area contributed by atoms with Gasteiger partial charge in [0, 0.05) is 11.5 Å². The average molecular weight is 274 g/mol. The molecule has 21 heavy (non-hydrogen) atoms. The lowest BCUT2D eigenvalue weighted by atomic mass is 9.88. The zero-order valence-corrected chi connectivity index (χ0v) is 11.5. The minimum atomic E-state index is -0.213. The minimum Gasteiger partial charge on any atom is -0.457 e. The summed E-state index contributed by atoms with van der Waals surface area (Å²) in [4.78, 5) is 12.0. The molecule has 2 nitrogen and oxygen atoms in total. The summed E-state index contributed by atoms with van der Waals surface area (Å²) in [6, 6.07) is 18.6. The SMILES string of the molecule is O=C1OCC2=Cc3ccccc3C(c3ccccc3)C=C12. The van der Waals surface area contributed by atoms with Gasteiger partial charge in [-0.1, -0.05) is 60.7 Å². The second-order valence-electron chi connectivity index (χ2n) is 5.34. The lowest BCUT2D eigenvalue weighted by Crippen LogP contribution is -2.02. The van der Waals surface area contributed by atoms with Crippen LogP contribution in [0.1, 0.15) is 22.6 Å². The normalized spacial score (nSPS) is 19.8. The molecule has 1 heterocycles. The Morgan fingerprint density at radius 2 is 1.71 bits per heavy atom. The van der Waals surface area contributed by atoms with Gasteiger partial charge in [-0.2, -0.15) is 0 Å². The molecule has 0 spiro atoms. The van der Waals surface area contributed by atoms with Crippen molar-refractivity contribution in [1.82, 2.24) is 0 Å². The number of hydrogen-bond donors (Lipinski definition) is 0. The number of rotatable bonds is 1. The molecule has 1 saturated heterocycles. The Morgan fingerprint density at radius 1 is 0.952 bits per heavy atom. The lowest BCUT2D eigenvalue weighted by Gasteiger charge is -2.15. The van der Waals surface area contributed by atoms with Crippen molar-refractivity contribution in [1.29, 1.82) is 0 Å². The molecule has 1 unspecified atom stereocenters. The number of benzene rings is 2. The fraction of sp³-hybridized carbons (Fsp3) is 0.105. The van der Waals surface area contributed by atoms with Crippen molar-refractivity contribution in [2.45, 2.75) is 5.92 Å².